The van der Waals surface area contributed by atoms with Crippen molar-refractivity contribution in [2.75, 3.05) is 0 Å². The molecule has 2 bridgehead atoms. The zero-order chi connectivity index (χ0) is 9.71. The summed E-state index contributed by atoms with van der Waals surface area (Å²) >= 11 is 0. The summed E-state index contributed by atoms with van der Waals surface area (Å²) in [6, 6.07) is 0. The maximum atomic E-state index is 2.61. The highest BCUT2D eigenvalue weighted by Gasteiger charge is 2.48. The maximum Gasteiger partial charge on any atom is -0.0130 e. The van der Waals surface area contributed by atoms with E-state index in [1.54, 1.807) is 11.1 Å². The average Bonchev–Trinajstić information content (AvgIpc) is 2.87. The first kappa shape index (κ1) is 8.76. The largest absolute Gasteiger partial charge is 0.0813 e. The van der Waals surface area contributed by atoms with Gasteiger partial charge < -0.3 is 0 Å². The van der Waals surface area contributed by atoms with Gasteiger partial charge in [-0.05, 0) is 49.4 Å². The Morgan fingerprint density at radius 3 is 2.79 bits per heavy atom. The number of allylic oxidation sites excluding steroid dienone is 4. The van der Waals surface area contributed by atoms with Crippen LogP contribution in [-0.4, -0.2) is 0 Å². The van der Waals surface area contributed by atoms with Crippen LogP contribution in [0.4, 0.5) is 0 Å². The molecule has 0 saturated heterocycles. The smallest absolute Gasteiger partial charge is 0.0130 e. The fraction of sp³-hybridized carbons (Fsp3) is 0.714. The minimum Gasteiger partial charge on any atom is -0.0813 e. The minimum atomic E-state index is 0.920. The molecular formula is C14H20. The highest BCUT2D eigenvalue weighted by Crippen LogP contribution is 2.57. The molecule has 0 aromatic rings. The third-order valence-electron chi connectivity index (χ3n) is 4.72. The second kappa shape index (κ2) is 2.98. The lowest BCUT2D eigenvalue weighted by Gasteiger charge is -2.24. The van der Waals surface area contributed by atoms with E-state index in [1.807, 2.05) is 0 Å². The van der Waals surface area contributed by atoms with Crippen molar-refractivity contribution in [2.24, 2.45) is 23.7 Å². The average molecular weight is 188 g/mol. The van der Waals surface area contributed by atoms with Gasteiger partial charge in [-0.25, -0.2) is 0 Å². The fourth-order valence-corrected chi connectivity index (χ4v) is 4.03. The summed E-state index contributed by atoms with van der Waals surface area (Å²) in [5.41, 5.74) is 3.52. The monoisotopic (exact) mass is 188 g/mol. The van der Waals surface area contributed by atoms with Gasteiger partial charge in [-0.1, -0.05) is 37.1 Å². The lowest BCUT2D eigenvalue weighted by molar-refractivity contribution is 0.375. The number of hydrogen-bond donors (Lipinski definition) is 0. The molecule has 14 heavy (non-hydrogen) atoms. The molecule has 0 radical (unpaired) electrons. The van der Waals surface area contributed by atoms with Crippen LogP contribution in [0.3, 0.4) is 0 Å². The third kappa shape index (κ3) is 1.00. The van der Waals surface area contributed by atoms with Gasteiger partial charge in [-0.2, -0.15) is 0 Å². The molecule has 0 unspecified atom stereocenters. The van der Waals surface area contributed by atoms with Crippen LogP contribution in [0.25, 0.3) is 0 Å². The van der Waals surface area contributed by atoms with Crippen LogP contribution in [0.1, 0.15) is 39.5 Å². The fourth-order valence-electron chi connectivity index (χ4n) is 4.03. The van der Waals surface area contributed by atoms with Gasteiger partial charge in [0, 0.05) is 0 Å². The predicted octanol–water partition coefficient (Wildman–Crippen LogP) is 3.95. The SMILES string of the molecule is CCC1=C[C@H]2[C@H](C1)[C@@H]1C[C@H]2C=C1CC. The van der Waals surface area contributed by atoms with E-state index >= 15 is 0 Å². The summed E-state index contributed by atoms with van der Waals surface area (Å²) in [7, 11) is 0. The quantitative estimate of drug-likeness (QED) is 0.576. The molecule has 3 aliphatic rings. The van der Waals surface area contributed by atoms with E-state index in [1.165, 1.54) is 25.7 Å². The Bertz CT molecular complexity index is 308. The molecule has 76 valence electrons. The second-order valence-electron chi connectivity index (χ2n) is 5.22. The zero-order valence-corrected chi connectivity index (χ0v) is 9.29. The van der Waals surface area contributed by atoms with Crippen LogP contribution in [0.5, 0.6) is 0 Å². The maximum absolute atomic E-state index is 2.61. The van der Waals surface area contributed by atoms with Crippen molar-refractivity contribution < 1.29 is 0 Å². The van der Waals surface area contributed by atoms with Crippen LogP contribution < -0.4 is 0 Å². The van der Waals surface area contributed by atoms with Crippen LogP contribution in [0.2, 0.25) is 0 Å². The molecule has 0 aromatic carbocycles. The summed E-state index contributed by atoms with van der Waals surface area (Å²) in [4.78, 5) is 0. The van der Waals surface area contributed by atoms with Crippen molar-refractivity contribution in [3.63, 3.8) is 0 Å². The second-order valence-corrected chi connectivity index (χ2v) is 5.22. The Kier molecular flexibility index (Phi) is 1.87. The van der Waals surface area contributed by atoms with Gasteiger partial charge in [-0.15, -0.1) is 0 Å². The molecule has 1 saturated carbocycles. The molecule has 0 spiro atoms. The molecule has 3 rings (SSSR count). The normalized spacial score (nSPS) is 43.9. The van der Waals surface area contributed by atoms with Crippen LogP contribution in [0, 0.1) is 23.7 Å². The van der Waals surface area contributed by atoms with Gasteiger partial charge in [0.1, 0.15) is 0 Å². The van der Waals surface area contributed by atoms with Crippen molar-refractivity contribution in [1.82, 2.24) is 0 Å². The standard InChI is InChI=1S/C14H20/c1-3-9-5-12-11-7-10(4-2)13(8-11)14(12)6-9/h5,7,11-14H,3-4,6,8H2,1-2H3/t11-,12-,13-,14+/m1/s1. The van der Waals surface area contributed by atoms with E-state index in [4.69, 9.17) is 0 Å². The van der Waals surface area contributed by atoms with E-state index in [-0.39, 0.29) is 0 Å². The molecule has 0 amide bonds. The molecule has 3 aliphatic carbocycles. The predicted molar refractivity (Wildman–Crippen MR) is 59.9 cm³/mol. The van der Waals surface area contributed by atoms with E-state index in [0.29, 0.717) is 0 Å². The van der Waals surface area contributed by atoms with E-state index in [0.717, 1.165) is 23.7 Å². The summed E-state index contributed by atoms with van der Waals surface area (Å²) in [6.45, 7) is 4.63. The lowest BCUT2D eigenvalue weighted by Crippen LogP contribution is -2.16. The van der Waals surface area contributed by atoms with Gasteiger partial charge in [0.15, 0.2) is 0 Å². The summed E-state index contributed by atoms with van der Waals surface area (Å²) in [5, 5.41) is 0. The minimum absolute atomic E-state index is 0.920. The molecular weight excluding hydrogens is 168 g/mol. The number of hydrogen-bond acceptors (Lipinski definition) is 0. The molecule has 0 aromatic heterocycles. The van der Waals surface area contributed by atoms with Crippen molar-refractivity contribution >= 4 is 0 Å². The van der Waals surface area contributed by atoms with E-state index in [9.17, 15) is 0 Å². The van der Waals surface area contributed by atoms with Crippen molar-refractivity contribution in [3.8, 4) is 0 Å². The Hall–Kier alpha value is -0.520. The summed E-state index contributed by atoms with van der Waals surface area (Å²) < 4.78 is 0. The first-order valence-electron chi connectivity index (χ1n) is 6.23. The molecule has 0 heterocycles. The molecule has 1 fully saturated rings. The van der Waals surface area contributed by atoms with Crippen LogP contribution in [-0.2, 0) is 0 Å². The highest BCUT2D eigenvalue weighted by molar-refractivity contribution is 5.31. The molecule has 0 N–H and O–H groups in total. The molecule has 0 nitrogen and oxygen atoms in total. The van der Waals surface area contributed by atoms with Crippen molar-refractivity contribution in [3.05, 3.63) is 23.3 Å². The summed E-state index contributed by atoms with van der Waals surface area (Å²) in [5.74, 6) is 3.83. The topological polar surface area (TPSA) is 0 Å². The number of fused-ring (bicyclic) bond motifs is 5. The van der Waals surface area contributed by atoms with Crippen molar-refractivity contribution in [1.29, 1.82) is 0 Å². The Morgan fingerprint density at radius 2 is 2.07 bits per heavy atom. The lowest BCUT2D eigenvalue weighted by atomic mass is 9.80. The van der Waals surface area contributed by atoms with Gasteiger partial charge in [0.2, 0.25) is 0 Å². The highest BCUT2D eigenvalue weighted by atomic mass is 14.5. The molecule has 4 atom stereocenters. The van der Waals surface area contributed by atoms with E-state index < -0.39 is 0 Å². The van der Waals surface area contributed by atoms with Gasteiger partial charge in [0.05, 0.1) is 0 Å². The molecule has 0 heteroatoms. The van der Waals surface area contributed by atoms with Gasteiger partial charge in [-0.3, -0.25) is 0 Å². The number of rotatable bonds is 2. The summed E-state index contributed by atoms with van der Waals surface area (Å²) in [6.07, 6.45) is 10.7. The first-order valence-corrected chi connectivity index (χ1v) is 6.23. The third-order valence-corrected chi connectivity index (χ3v) is 4.72. The van der Waals surface area contributed by atoms with Crippen molar-refractivity contribution in [2.45, 2.75) is 39.5 Å². The van der Waals surface area contributed by atoms with E-state index in [2.05, 4.69) is 26.0 Å². The molecule has 0 aliphatic heterocycles. The Labute approximate surface area is 87.1 Å². The Morgan fingerprint density at radius 1 is 1.21 bits per heavy atom. The Balaban J connectivity index is 1.86. The first-order chi connectivity index (χ1) is 6.83. The van der Waals surface area contributed by atoms with Crippen LogP contribution >= 0.6 is 0 Å². The van der Waals surface area contributed by atoms with Gasteiger partial charge >= 0.3 is 0 Å². The van der Waals surface area contributed by atoms with Crippen LogP contribution in [0.15, 0.2) is 23.3 Å². The zero-order valence-electron chi connectivity index (χ0n) is 9.29. The van der Waals surface area contributed by atoms with Gasteiger partial charge in [0.25, 0.3) is 0 Å².